The Hall–Kier alpha value is -3.06. The van der Waals surface area contributed by atoms with E-state index in [9.17, 15) is 14.4 Å². The monoisotopic (exact) mass is 404 g/mol. The van der Waals surface area contributed by atoms with Gasteiger partial charge < -0.3 is 20.1 Å². The van der Waals surface area contributed by atoms with Crippen molar-refractivity contribution >= 4 is 35.1 Å². The van der Waals surface area contributed by atoms with Crippen LogP contribution in [0.1, 0.15) is 22.8 Å². The van der Waals surface area contributed by atoms with Gasteiger partial charge in [-0.3, -0.25) is 9.59 Å². The molecule has 2 aromatic carbocycles. The Balaban J connectivity index is 1.87. The number of hydrogen-bond acceptors (Lipinski definition) is 5. The number of aryl methyl sites for hydroxylation is 1. The number of methoxy groups -OCH3 is 1. The summed E-state index contributed by atoms with van der Waals surface area (Å²) in [7, 11) is 1.45. The van der Waals surface area contributed by atoms with Crippen LogP contribution in [0.5, 0.6) is 5.75 Å². The first kappa shape index (κ1) is 21.2. The van der Waals surface area contributed by atoms with Gasteiger partial charge in [0.25, 0.3) is 11.8 Å². The quantitative estimate of drug-likeness (QED) is 0.692. The van der Waals surface area contributed by atoms with Crippen molar-refractivity contribution in [2.75, 3.05) is 19.0 Å². The molecule has 0 saturated carbocycles. The standard InChI is InChI=1S/C20H21ClN2O5/c1-12-9-16(17(27-3)10-15(12)21)23-18(24)11-28-20(26)13(2)22-19(25)14-7-5-4-6-8-14/h4-10,13H,11H2,1-3H3,(H,22,25)(H,23,24)/t13-/m0/s1. The fourth-order valence-electron chi connectivity index (χ4n) is 2.31. The van der Waals surface area contributed by atoms with Crippen molar-refractivity contribution in [2.24, 2.45) is 0 Å². The van der Waals surface area contributed by atoms with E-state index in [2.05, 4.69) is 10.6 Å². The van der Waals surface area contributed by atoms with Crippen molar-refractivity contribution < 1.29 is 23.9 Å². The van der Waals surface area contributed by atoms with E-state index in [0.29, 0.717) is 22.0 Å². The van der Waals surface area contributed by atoms with E-state index in [1.165, 1.54) is 14.0 Å². The summed E-state index contributed by atoms with van der Waals surface area (Å²) >= 11 is 6.03. The van der Waals surface area contributed by atoms with Crippen LogP contribution in [0.15, 0.2) is 42.5 Å². The Morgan fingerprint density at radius 1 is 1.14 bits per heavy atom. The first-order valence-corrected chi connectivity index (χ1v) is 8.86. The number of benzene rings is 2. The van der Waals surface area contributed by atoms with Crippen molar-refractivity contribution in [3.63, 3.8) is 0 Å². The van der Waals surface area contributed by atoms with Crippen molar-refractivity contribution in [2.45, 2.75) is 19.9 Å². The second kappa shape index (κ2) is 9.75. The van der Waals surface area contributed by atoms with Crippen LogP contribution in [0.4, 0.5) is 5.69 Å². The molecule has 0 radical (unpaired) electrons. The summed E-state index contributed by atoms with van der Waals surface area (Å²) in [5.74, 6) is -1.29. The maximum absolute atomic E-state index is 12.1. The lowest BCUT2D eigenvalue weighted by atomic mass is 10.2. The van der Waals surface area contributed by atoms with Crippen LogP contribution in [-0.4, -0.2) is 37.5 Å². The molecule has 0 unspecified atom stereocenters. The van der Waals surface area contributed by atoms with E-state index in [4.69, 9.17) is 21.1 Å². The minimum absolute atomic E-state index is 0.388. The fraction of sp³-hybridized carbons (Fsp3) is 0.250. The van der Waals surface area contributed by atoms with Crippen molar-refractivity contribution in [3.05, 3.63) is 58.6 Å². The largest absolute Gasteiger partial charge is 0.495 e. The minimum atomic E-state index is -0.909. The molecule has 8 heteroatoms. The summed E-state index contributed by atoms with van der Waals surface area (Å²) in [6.07, 6.45) is 0. The number of carbonyl (C=O) groups excluding carboxylic acids is 3. The molecule has 0 aliphatic heterocycles. The molecule has 1 atom stereocenters. The van der Waals surface area contributed by atoms with Gasteiger partial charge in [-0.1, -0.05) is 29.8 Å². The number of amides is 2. The average molecular weight is 405 g/mol. The predicted octanol–water partition coefficient (Wildman–Crippen LogP) is 2.96. The lowest BCUT2D eigenvalue weighted by Gasteiger charge is -2.14. The van der Waals surface area contributed by atoms with Gasteiger partial charge in [0.05, 0.1) is 12.8 Å². The zero-order valence-electron chi connectivity index (χ0n) is 15.7. The smallest absolute Gasteiger partial charge is 0.328 e. The first-order chi connectivity index (χ1) is 13.3. The maximum atomic E-state index is 12.1. The minimum Gasteiger partial charge on any atom is -0.495 e. The van der Waals surface area contributed by atoms with E-state index in [1.54, 1.807) is 49.4 Å². The summed E-state index contributed by atoms with van der Waals surface area (Å²) in [4.78, 5) is 36.2. The molecular formula is C20H21ClN2O5. The molecule has 0 heterocycles. The third kappa shape index (κ3) is 5.72. The van der Waals surface area contributed by atoms with Gasteiger partial charge in [-0.05, 0) is 37.6 Å². The molecular weight excluding hydrogens is 384 g/mol. The lowest BCUT2D eigenvalue weighted by molar-refractivity contribution is -0.148. The predicted molar refractivity (Wildman–Crippen MR) is 106 cm³/mol. The van der Waals surface area contributed by atoms with Crippen LogP contribution >= 0.6 is 11.6 Å². The van der Waals surface area contributed by atoms with Crippen LogP contribution in [0.2, 0.25) is 5.02 Å². The third-order valence-electron chi connectivity index (χ3n) is 3.84. The summed E-state index contributed by atoms with van der Waals surface area (Å²) < 4.78 is 10.1. The van der Waals surface area contributed by atoms with Crippen molar-refractivity contribution in [3.8, 4) is 5.75 Å². The lowest BCUT2D eigenvalue weighted by Crippen LogP contribution is -2.40. The molecule has 0 aliphatic rings. The Morgan fingerprint density at radius 3 is 2.46 bits per heavy atom. The van der Waals surface area contributed by atoms with Gasteiger partial charge >= 0.3 is 5.97 Å². The zero-order chi connectivity index (χ0) is 20.7. The summed E-state index contributed by atoms with van der Waals surface area (Å²) in [5, 5.41) is 5.63. The molecule has 148 valence electrons. The second-order valence-corrected chi connectivity index (χ2v) is 6.43. The Morgan fingerprint density at radius 2 is 1.82 bits per heavy atom. The molecule has 2 rings (SSSR count). The first-order valence-electron chi connectivity index (χ1n) is 8.48. The molecule has 0 fully saturated rings. The molecule has 0 spiro atoms. The fourth-order valence-corrected chi connectivity index (χ4v) is 2.46. The maximum Gasteiger partial charge on any atom is 0.328 e. The van der Waals surface area contributed by atoms with E-state index < -0.39 is 30.4 Å². The van der Waals surface area contributed by atoms with Gasteiger partial charge in [0.1, 0.15) is 11.8 Å². The number of esters is 1. The van der Waals surface area contributed by atoms with Gasteiger partial charge in [0, 0.05) is 16.7 Å². The van der Waals surface area contributed by atoms with Crippen LogP contribution in [0, 0.1) is 6.92 Å². The number of nitrogens with one attached hydrogen (secondary N) is 2. The number of anilines is 1. The highest BCUT2D eigenvalue weighted by atomic mass is 35.5. The van der Waals surface area contributed by atoms with Crippen LogP contribution in [0.25, 0.3) is 0 Å². The highest BCUT2D eigenvalue weighted by molar-refractivity contribution is 6.31. The Labute approximate surface area is 168 Å². The molecule has 0 saturated heterocycles. The van der Waals surface area contributed by atoms with Crippen molar-refractivity contribution in [1.29, 1.82) is 0 Å². The summed E-state index contributed by atoms with van der Waals surface area (Å²) in [5.41, 5.74) is 1.59. The van der Waals surface area contributed by atoms with Gasteiger partial charge in [-0.15, -0.1) is 0 Å². The number of ether oxygens (including phenoxy) is 2. The van der Waals surface area contributed by atoms with Gasteiger partial charge in [-0.25, -0.2) is 4.79 Å². The van der Waals surface area contributed by atoms with Crippen LogP contribution in [-0.2, 0) is 14.3 Å². The van der Waals surface area contributed by atoms with E-state index in [1.807, 2.05) is 0 Å². The molecule has 0 aromatic heterocycles. The zero-order valence-corrected chi connectivity index (χ0v) is 16.5. The van der Waals surface area contributed by atoms with Crippen LogP contribution in [0.3, 0.4) is 0 Å². The molecule has 28 heavy (non-hydrogen) atoms. The highest BCUT2D eigenvalue weighted by Crippen LogP contribution is 2.30. The summed E-state index contributed by atoms with van der Waals surface area (Å²) in [6.45, 7) is 2.76. The Kier molecular flexibility index (Phi) is 7.40. The topological polar surface area (TPSA) is 93.7 Å². The number of halogens is 1. The third-order valence-corrected chi connectivity index (χ3v) is 4.24. The molecule has 2 N–H and O–H groups in total. The van der Waals surface area contributed by atoms with E-state index >= 15 is 0 Å². The molecule has 2 aromatic rings. The SMILES string of the molecule is COc1cc(Cl)c(C)cc1NC(=O)COC(=O)[C@H](C)NC(=O)c1ccccc1. The Bertz CT molecular complexity index is 870. The van der Waals surface area contributed by atoms with Gasteiger partial charge in [-0.2, -0.15) is 0 Å². The number of carbonyl (C=O) groups is 3. The normalized spacial score (nSPS) is 11.3. The van der Waals surface area contributed by atoms with Gasteiger partial charge in [0.15, 0.2) is 6.61 Å². The van der Waals surface area contributed by atoms with Gasteiger partial charge in [0.2, 0.25) is 0 Å². The van der Waals surface area contributed by atoms with Crippen LogP contribution < -0.4 is 15.4 Å². The van der Waals surface area contributed by atoms with E-state index in [0.717, 1.165) is 5.56 Å². The number of hydrogen-bond donors (Lipinski definition) is 2. The molecule has 0 aliphatic carbocycles. The molecule has 7 nitrogen and oxygen atoms in total. The van der Waals surface area contributed by atoms with Crippen molar-refractivity contribution in [1.82, 2.24) is 5.32 Å². The molecule has 0 bridgehead atoms. The number of rotatable bonds is 7. The highest BCUT2D eigenvalue weighted by Gasteiger charge is 2.19. The molecule has 2 amide bonds. The second-order valence-electron chi connectivity index (χ2n) is 6.02. The summed E-state index contributed by atoms with van der Waals surface area (Å²) in [6, 6.07) is 10.8. The van der Waals surface area contributed by atoms with E-state index in [-0.39, 0.29) is 0 Å². The average Bonchev–Trinajstić information content (AvgIpc) is 2.69.